The van der Waals surface area contributed by atoms with Gasteiger partial charge in [0.05, 0.1) is 6.61 Å². The molecule has 7 heteroatoms. The molecule has 0 heterocycles. The van der Waals surface area contributed by atoms with Crippen molar-refractivity contribution in [3.63, 3.8) is 0 Å². The smallest absolute Gasteiger partial charge is 0.328 e. The zero-order chi connectivity index (χ0) is 13.5. The largest absolute Gasteiger partial charge is 0.480 e. The highest BCUT2D eigenvalue weighted by molar-refractivity contribution is 6.30. The molecule has 0 aromatic heterocycles. The van der Waals surface area contributed by atoms with Gasteiger partial charge in [-0.3, -0.25) is 0 Å². The molecule has 0 saturated heterocycles. The van der Waals surface area contributed by atoms with Gasteiger partial charge in [0.15, 0.2) is 6.04 Å². The van der Waals surface area contributed by atoms with E-state index in [2.05, 4.69) is 10.6 Å². The summed E-state index contributed by atoms with van der Waals surface area (Å²) in [6, 6.07) is 4.72. The number of hydrogen-bond donors (Lipinski definition) is 3. The topological polar surface area (TPSA) is 87.7 Å². The van der Waals surface area contributed by atoms with E-state index in [-0.39, 0.29) is 6.61 Å². The number of carbonyl (C=O) groups excluding carboxylic acids is 1. The number of carboxylic acids is 1. The Morgan fingerprint density at radius 3 is 2.50 bits per heavy atom. The molecule has 0 aliphatic heterocycles. The van der Waals surface area contributed by atoms with Crippen LogP contribution in [0.5, 0.6) is 0 Å². The molecule has 1 rings (SSSR count). The highest BCUT2D eigenvalue weighted by Crippen LogP contribution is 2.13. The average molecular weight is 273 g/mol. The minimum Gasteiger partial charge on any atom is -0.480 e. The average Bonchev–Trinajstić information content (AvgIpc) is 2.31. The summed E-state index contributed by atoms with van der Waals surface area (Å²) in [4.78, 5) is 22.3. The quantitative estimate of drug-likeness (QED) is 0.759. The SMILES string of the molecule is COCC(NC(=O)Nc1ccc(Cl)cc1)C(=O)O. The summed E-state index contributed by atoms with van der Waals surface area (Å²) in [6.45, 7) is -0.108. The van der Waals surface area contributed by atoms with E-state index < -0.39 is 18.0 Å². The summed E-state index contributed by atoms with van der Waals surface area (Å²) >= 11 is 5.69. The van der Waals surface area contributed by atoms with Crippen molar-refractivity contribution in [3.05, 3.63) is 29.3 Å². The van der Waals surface area contributed by atoms with Crippen molar-refractivity contribution in [2.45, 2.75) is 6.04 Å². The van der Waals surface area contributed by atoms with Crippen LogP contribution in [0, 0.1) is 0 Å². The van der Waals surface area contributed by atoms with Gasteiger partial charge in [-0.15, -0.1) is 0 Å². The lowest BCUT2D eigenvalue weighted by molar-refractivity contribution is -0.140. The summed E-state index contributed by atoms with van der Waals surface area (Å²) in [7, 11) is 1.36. The number of carboxylic acid groups (broad SMARTS) is 1. The van der Waals surface area contributed by atoms with Crippen LogP contribution < -0.4 is 10.6 Å². The van der Waals surface area contributed by atoms with E-state index in [0.29, 0.717) is 10.7 Å². The number of hydrogen-bond acceptors (Lipinski definition) is 3. The number of aliphatic carboxylic acids is 1. The van der Waals surface area contributed by atoms with Gasteiger partial charge in [0, 0.05) is 17.8 Å². The van der Waals surface area contributed by atoms with Gasteiger partial charge in [0.1, 0.15) is 0 Å². The number of benzene rings is 1. The van der Waals surface area contributed by atoms with Crippen LogP contribution in [0.1, 0.15) is 0 Å². The van der Waals surface area contributed by atoms with E-state index in [4.69, 9.17) is 21.4 Å². The number of rotatable bonds is 5. The number of methoxy groups -OCH3 is 1. The van der Waals surface area contributed by atoms with Gasteiger partial charge in [0.25, 0.3) is 0 Å². The number of anilines is 1. The van der Waals surface area contributed by atoms with Crippen molar-refractivity contribution in [2.24, 2.45) is 0 Å². The van der Waals surface area contributed by atoms with Crippen LogP contribution in [0.25, 0.3) is 0 Å². The van der Waals surface area contributed by atoms with E-state index in [1.807, 2.05) is 0 Å². The Bertz CT molecular complexity index is 422. The van der Waals surface area contributed by atoms with Gasteiger partial charge < -0.3 is 20.5 Å². The second kappa shape index (κ2) is 6.83. The second-order valence-corrected chi connectivity index (χ2v) is 3.89. The van der Waals surface area contributed by atoms with E-state index in [1.165, 1.54) is 7.11 Å². The first-order valence-corrected chi connectivity index (χ1v) is 5.45. The first-order valence-electron chi connectivity index (χ1n) is 5.07. The van der Waals surface area contributed by atoms with Gasteiger partial charge in [-0.1, -0.05) is 11.6 Å². The van der Waals surface area contributed by atoms with Gasteiger partial charge in [-0.05, 0) is 24.3 Å². The molecule has 0 bridgehead atoms. The van der Waals surface area contributed by atoms with E-state index >= 15 is 0 Å². The lowest BCUT2D eigenvalue weighted by Gasteiger charge is -2.14. The molecule has 0 fully saturated rings. The Kier molecular flexibility index (Phi) is 5.41. The molecule has 0 saturated carbocycles. The number of ether oxygens (including phenoxy) is 1. The maximum absolute atomic E-state index is 11.5. The molecule has 18 heavy (non-hydrogen) atoms. The molecule has 1 unspecified atom stereocenters. The number of urea groups is 1. The van der Waals surface area contributed by atoms with Crippen LogP contribution in [0.2, 0.25) is 5.02 Å². The summed E-state index contributed by atoms with van der Waals surface area (Å²) in [5, 5.41) is 14.1. The molecule has 98 valence electrons. The van der Waals surface area contributed by atoms with Crippen molar-refractivity contribution in [2.75, 3.05) is 19.0 Å². The van der Waals surface area contributed by atoms with Crippen LogP contribution in [0.3, 0.4) is 0 Å². The van der Waals surface area contributed by atoms with E-state index in [1.54, 1.807) is 24.3 Å². The molecule has 0 aliphatic carbocycles. The maximum Gasteiger partial charge on any atom is 0.328 e. The van der Waals surface area contributed by atoms with Crippen molar-refractivity contribution in [1.29, 1.82) is 0 Å². The van der Waals surface area contributed by atoms with Crippen LogP contribution in [0.4, 0.5) is 10.5 Å². The summed E-state index contributed by atoms with van der Waals surface area (Å²) < 4.78 is 4.69. The first-order chi connectivity index (χ1) is 8.52. The normalized spacial score (nSPS) is 11.7. The van der Waals surface area contributed by atoms with E-state index in [9.17, 15) is 9.59 Å². The van der Waals surface area contributed by atoms with E-state index in [0.717, 1.165) is 0 Å². The lowest BCUT2D eigenvalue weighted by Crippen LogP contribution is -2.45. The van der Waals surface area contributed by atoms with Gasteiger partial charge in [-0.25, -0.2) is 9.59 Å². The van der Waals surface area contributed by atoms with Gasteiger partial charge in [0.2, 0.25) is 0 Å². The van der Waals surface area contributed by atoms with Crippen LogP contribution in [-0.2, 0) is 9.53 Å². The fraction of sp³-hybridized carbons (Fsp3) is 0.273. The number of halogens is 1. The molecule has 1 aromatic carbocycles. The third-order valence-corrected chi connectivity index (χ3v) is 2.29. The predicted molar refractivity (Wildman–Crippen MR) is 66.9 cm³/mol. The number of amides is 2. The molecule has 0 spiro atoms. The Labute approximate surface area is 109 Å². The second-order valence-electron chi connectivity index (χ2n) is 3.45. The first kappa shape index (κ1) is 14.3. The molecule has 1 atom stereocenters. The van der Waals surface area contributed by atoms with Gasteiger partial charge >= 0.3 is 12.0 Å². The predicted octanol–water partition coefficient (Wildman–Crippen LogP) is 1.56. The van der Waals surface area contributed by atoms with Crippen LogP contribution in [0.15, 0.2) is 24.3 Å². The number of carbonyl (C=O) groups is 2. The van der Waals surface area contributed by atoms with Crippen LogP contribution in [-0.4, -0.2) is 36.9 Å². The molecule has 3 N–H and O–H groups in total. The summed E-state index contributed by atoms with van der Waals surface area (Å²) in [6.07, 6.45) is 0. The molecular formula is C11H13ClN2O4. The Morgan fingerprint density at radius 2 is 2.00 bits per heavy atom. The maximum atomic E-state index is 11.5. The monoisotopic (exact) mass is 272 g/mol. The number of nitrogens with one attached hydrogen (secondary N) is 2. The lowest BCUT2D eigenvalue weighted by atomic mass is 10.3. The summed E-state index contributed by atoms with van der Waals surface area (Å²) in [5.41, 5.74) is 0.512. The zero-order valence-corrected chi connectivity index (χ0v) is 10.4. The molecule has 1 aromatic rings. The summed E-state index contributed by atoms with van der Waals surface area (Å²) in [5.74, 6) is -1.16. The minimum absolute atomic E-state index is 0.108. The molecule has 2 amide bonds. The third kappa shape index (κ3) is 4.60. The van der Waals surface area contributed by atoms with Crippen molar-refractivity contribution < 1.29 is 19.4 Å². The molecule has 0 radical (unpaired) electrons. The molecule has 0 aliphatic rings. The van der Waals surface area contributed by atoms with Crippen molar-refractivity contribution >= 4 is 29.3 Å². The highest BCUT2D eigenvalue weighted by Gasteiger charge is 2.19. The zero-order valence-electron chi connectivity index (χ0n) is 9.64. The molecular weight excluding hydrogens is 260 g/mol. The Hall–Kier alpha value is -1.79. The Morgan fingerprint density at radius 1 is 1.39 bits per heavy atom. The fourth-order valence-corrected chi connectivity index (χ4v) is 1.33. The fourth-order valence-electron chi connectivity index (χ4n) is 1.20. The third-order valence-electron chi connectivity index (χ3n) is 2.04. The van der Waals surface area contributed by atoms with Gasteiger partial charge in [-0.2, -0.15) is 0 Å². The van der Waals surface area contributed by atoms with Crippen molar-refractivity contribution in [1.82, 2.24) is 5.32 Å². The Balaban J connectivity index is 2.54. The standard InChI is InChI=1S/C11H13ClN2O4/c1-18-6-9(10(15)16)14-11(17)13-8-4-2-7(12)3-5-8/h2-5,9H,6H2,1H3,(H,15,16)(H2,13,14,17). The molecule has 6 nitrogen and oxygen atoms in total. The minimum atomic E-state index is -1.16. The highest BCUT2D eigenvalue weighted by atomic mass is 35.5. The van der Waals surface area contributed by atoms with Crippen molar-refractivity contribution in [3.8, 4) is 0 Å². The van der Waals surface area contributed by atoms with Crippen LogP contribution >= 0.6 is 11.6 Å².